The summed E-state index contributed by atoms with van der Waals surface area (Å²) in [5, 5.41) is 17.7. The van der Waals surface area contributed by atoms with Gasteiger partial charge in [0.1, 0.15) is 0 Å². The van der Waals surface area contributed by atoms with Crippen LogP contribution in [0.15, 0.2) is 70.5 Å². The second kappa shape index (κ2) is 14.2. The maximum absolute atomic E-state index is 10.4. The smallest absolute Gasteiger partial charge is 0.294 e. The zero-order chi connectivity index (χ0) is 23.2. The fourth-order valence-electron chi connectivity index (χ4n) is 2.41. The van der Waals surface area contributed by atoms with E-state index >= 15 is 0 Å². The Morgan fingerprint density at radius 2 is 0.900 bits per heavy atom. The Kier molecular flexibility index (Phi) is 13.4. The minimum Gasteiger partial charge on any atom is -0.396 e. The van der Waals surface area contributed by atoms with Crippen LogP contribution >= 0.6 is 0 Å². The summed E-state index contributed by atoms with van der Waals surface area (Å²) in [6.45, 7) is 4.49. The van der Waals surface area contributed by atoms with E-state index in [-0.39, 0.29) is 34.8 Å². The molecule has 0 aliphatic heterocycles. The van der Waals surface area contributed by atoms with Crippen molar-refractivity contribution in [2.45, 2.75) is 36.5 Å². The number of hydrogen-bond donors (Lipinski definition) is 4. The monoisotopic (exact) mass is 462 g/mol. The molecule has 0 bridgehead atoms. The van der Waals surface area contributed by atoms with Crippen LogP contribution in [-0.4, -0.2) is 49.4 Å². The largest absolute Gasteiger partial charge is 0.396 e. The van der Waals surface area contributed by atoms with E-state index in [2.05, 4.69) is 0 Å². The molecule has 170 valence electrons. The van der Waals surface area contributed by atoms with Crippen LogP contribution in [0.3, 0.4) is 0 Å². The fraction of sp³-hybridized carbons (Fsp3) is 0.400. The summed E-state index contributed by atoms with van der Waals surface area (Å²) in [5.74, 6) is 0.574. The molecule has 0 aromatic heterocycles. The SMILES string of the molecule is CCC(CO)C(CC)CO.O=S(=O)(O)c1ccccc1.O=S(=O)(O)c1ccccc1. The van der Waals surface area contributed by atoms with Gasteiger partial charge in [-0.2, -0.15) is 16.8 Å². The molecule has 4 N–H and O–H groups in total. The van der Waals surface area contributed by atoms with E-state index in [1.165, 1.54) is 24.3 Å². The Morgan fingerprint density at radius 3 is 1.03 bits per heavy atom. The van der Waals surface area contributed by atoms with Gasteiger partial charge in [0.05, 0.1) is 9.79 Å². The van der Waals surface area contributed by atoms with E-state index in [0.29, 0.717) is 0 Å². The highest BCUT2D eigenvalue weighted by molar-refractivity contribution is 7.86. The van der Waals surface area contributed by atoms with Gasteiger partial charge < -0.3 is 10.2 Å². The van der Waals surface area contributed by atoms with Crippen molar-refractivity contribution in [1.29, 1.82) is 0 Å². The predicted octanol–water partition coefficient (Wildman–Crippen LogP) is 2.89. The molecule has 0 aliphatic rings. The van der Waals surface area contributed by atoms with Crippen LogP contribution in [0.1, 0.15) is 26.7 Å². The first-order valence-corrected chi connectivity index (χ1v) is 12.2. The molecule has 0 fully saturated rings. The molecule has 2 unspecified atom stereocenters. The number of benzene rings is 2. The number of hydrogen-bond acceptors (Lipinski definition) is 6. The first-order chi connectivity index (χ1) is 14.0. The van der Waals surface area contributed by atoms with E-state index < -0.39 is 20.2 Å². The molecule has 10 heteroatoms. The minimum absolute atomic E-state index is 0.0741. The zero-order valence-corrected chi connectivity index (χ0v) is 18.6. The van der Waals surface area contributed by atoms with Crippen molar-refractivity contribution in [3.8, 4) is 0 Å². The summed E-state index contributed by atoms with van der Waals surface area (Å²) in [5.41, 5.74) is 0. The molecule has 0 radical (unpaired) electrons. The number of rotatable bonds is 7. The molecular weight excluding hydrogens is 432 g/mol. The first-order valence-electron chi connectivity index (χ1n) is 9.27. The van der Waals surface area contributed by atoms with E-state index in [0.717, 1.165) is 12.8 Å². The van der Waals surface area contributed by atoms with Gasteiger partial charge in [-0.3, -0.25) is 9.11 Å². The van der Waals surface area contributed by atoms with E-state index in [9.17, 15) is 16.8 Å². The van der Waals surface area contributed by atoms with E-state index in [4.69, 9.17) is 19.3 Å². The zero-order valence-electron chi connectivity index (χ0n) is 17.0. The van der Waals surface area contributed by atoms with Gasteiger partial charge in [-0.05, 0) is 36.1 Å². The number of aliphatic hydroxyl groups is 2. The van der Waals surface area contributed by atoms with Crippen molar-refractivity contribution in [1.82, 2.24) is 0 Å². The maximum atomic E-state index is 10.4. The van der Waals surface area contributed by atoms with Gasteiger partial charge in [0.25, 0.3) is 20.2 Å². The molecule has 0 aliphatic carbocycles. The molecule has 2 aromatic rings. The van der Waals surface area contributed by atoms with Gasteiger partial charge in [-0.25, -0.2) is 0 Å². The van der Waals surface area contributed by atoms with Crippen molar-refractivity contribution in [2.24, 2.45) is 11.8 Å². The quantitative estimate of drug-likeness (QED) is 0.459. The summed E-state index contributed by atoms with van der Waals surface area (Å²) < 4.78 is 58.5. The van der Waals surface area contributed by atoms with E-state index in [1.807, 2.05) is 13.8 Å². The summed E-state index contributed by atoms with van der Waals surface area (Å²) in [4.78, 5) is -0.148. The summed E-state index contributed by atoms with van der Waals surface area (Å²) in [6, 6.07) is 14.8. The van der Waals surface area contributed by atoms with Gasteiger partial charge >= 0.3 is 0 Å². The Labute approximate surface area is 178 Å². The molecule has 0 saturated carbocycles. The van der Waals surface area contributed by atoms with Crippen LogP contribution in [0.25, 0.3) is 0 Å². The first kappa shape index (κ1) is 28.2. The van der Waals surface area contributed by atoms with Crippen molar-refractivity contribution in [3.63, 3.8) is 0 Å². The van der Waals surface area contributed by atoms with Crippen LogP contribution in [0.4, 0.5) is 0 Å². The third kappa shape index (κ3) is 11.4. The maximum Gasteiger partial charge on any atom is 0.294 e. The van der Waals surface area contributed by atoms with Crippen molar-refractivity contribution in [2.75, 3.05) is 13.2 Å². The molecule has 2 rings (SSSR count). The van der Waals surface area contributed by atoms with Crippen LogP contribution < -0.4 is 0 Å². The highest BCUT2D eigenvalue weighted by atomic mass is 32.2. The molecule has 0 heterocycles. The Bertz CT molecular complexity index is 813. The summed E-state index contributed by atoms with van der Waals surface area (Å²) >= 11 is 0. The standard InChI is InChI=1S/C8H18O2.2C6H6O3S/c1-3-7(5-9)8(4-2)6-10;2*7-10(8,9)6-4-2-1-3-5-6/h7-10H,3-6H2,1-2H3;2*1-5H,(H,7,8,9). The highest BCUT2D eigenvalue weighted by Crippen LogP contribution is 2.17. The molecule has 0 saturated heterocycles. The molecule has 0 spiro atoms. The van der Waals surface area contributed by atoms with Gasteiger partial charge in [0.2, 0.25) is 0 Å². The van der Waals surface area contributed by atoms with Crippen LogP contribution in [0.2, 0.25) is 0 Å². The number of aliphatic hydroxyl groups excluding tert-OH is 2. The van der Waals surface area contributed by atoms with Gasteiger partial charge in [0, 0.05) is 13.2 Å². The lowest BCUT2D eigenvalue weighted by atomic mass is 9.89. The molecule has 0 amide bonds. The van der Waals surface area contributed by atoms with Gasteiger partial charge in [-0.1, -0.05) is 63.1 Å². The lowest BCUT2D eigenvalue weighted by Gasteiger charge is -2.20. The van der Waals surface area contributed by atoms with Crippen molar-refractivity contribution < 1.29 is 36.2 Å². The van der Waals surface area contributed by atoms with Gasteiger partial charge in [-0.15, -0.1) is 0 Å². The Hall–Kier alpha value is -1.82. The Balaban J connectivity index is 0.000000420. The van der Waals surface area contributed by atoms with Crippen LogP contribution in [0, 0.1) is 11.8 Å². The second-order valence-electron chi connectivity index (χ2n) is 6.28. The fourth-order valence-corrected chi connectivity index (χ4v) is 3.41. The minimum atomic E-state index is -4.00. The summed E-state index contributed by atoms with van der Waals surface area (Å²) in [7, 11) is -8.01. The molecule has 30 heavy (non-hydrogen) atoms. The van der Waals surface area contributed by atoms with Gasteiger partial charge in [0.15, 0.2) is 0 Å². The van der Waals surface area contributed by atoms with E-state index in [1.54, 1.807) is 36.4 Å². The van der Waals surface area contributed by atoms with Crippen LogP contribution in [-0.2, 0) is 20.2 Å². The average molecular weight is 463 g/mol. The van der Waals surface area contributed by atoms with Crippen molar-refractivity contribution >= 4 is 20.2 Å². The third-order valence-corrected chi connectivity index (χ3v) is 6.00. The normalized spacial score (nSPS) is 13.1. The lowest BCUT2D eigenvalue weighted by molar-refractivity contribution is 0.114. The second-order valence-corrected chi connectivity index (χ2v) is 9.12. The average Bonchev–Trinajstić information content (AvgIpc) is 2.73. The topological polar surface area (TPSA) is 149 Å². The van der Waals surface area contributed by atoms with Crippen LogP contribution in [0.5, 0.6) is 0 Å². The predicted molar refractivity (Wildman–Crippen MR) is 114 cm³/mol. The molecule has 2 atom stereocenters. The molecule has 8 nitrogen and oxygen atoms in total. The highest BCUT2D eigenvalue weighted by Gasteiger charge is 2.15. The Morgan fingerprint density at radius 1 is 0.633 bits per heavy atom. The summed E-state index contributed by atoms with van der Waals surface area (Å²) in [6.07, 6.45) is 1.91. The molecule has 2 aromatic carbocycles. The van der Waals surface area contributed by atoms with Crippen molar-refractivity contribution in [3.05, 3.63) is 60.7 Å². The third-order valence-electron chi connectivity index (χ3n) is 4.27. The lowest BCUT2D eigenvalue weighted by Crippen LogP contribution is -2.20. The molecular formula is C20H30O8S2.